The maximum absolute atomic E-state index is 13.9. The van der Waals surface area contributed by atoms with Crippen molar-refractivity contribution < 1.29 is 4.39 Å². The van der Waals surface area contributed by atoms with Gasteiger partial charge in [-0.2, -0.15) is 0 Å². The minimum Gasteiger partial charge on any atom is -0.398 e. The number of nitrogens with zero attached hydrogens (tertiary/aromatic N) is 1. The molecule has 2 N–H and O–H groups in total. The van der Waals surface area contributed by atoms with Gasteiger partial charge in [0.15, 0.2) is 0 Å². The zero-order valence-corrected chi connectivity index (χ0v) is 10.6. The molecule has 2 nitrogen and oxygen atoms in total. The van der Waals surface area contributed by atoms with Crippen molar-refractivity contribution in [3.8, 4) is 0 Å². The maximum Gasteiger partial charge on any atom is 0.149 e. The van der Waals surface area contributed by atoms with Gasteiger partial charge >= 0.3 is 0 Å². The molecule has 3 heteroatoms. The first-order valence-corrected chi connectivity index (χ1v) is 6.54. The van der Waals surface area contributed by atoms with Gasteiger partial charge in [0.05, 0.1) is 0 Å². The maximum atomic E-state index is 13.9. The number of fused-ring (bicyclic) bond motifs is 2. The fraction of sp³-hybridized carbons (Fsp3) is 0.400. The minimum atomic E-state index is -0.269. The molecule has 1 aromatic heterocycles. The second kappa shape index (κ2) is 4.23. The van der Waals surface area contributed by atoms with Gasteiger partial charge in [0.1, 0.15) is 11.3 Å². The van der Waals surface area contributed by atoms with Gasteiger partial charge in [-0.3, -0.25) is 0 Å². The first-order chi connectivity index (χ1) is 8.68. The Labute approximate surface area is 106 Å². The molecule has 0 amide bonds. The number of halogens is 1. The quantitative estimate of drug-likeness (QED) is 0.720. The molecule has 0 atom stereocenters. The number of aryl methyl sites for hydroxylation is 2. The molecule has 18 heavy (non-hydrogen) atoms. The van der Waals surface area contributed by atoms with Crippen molar-refractivity contribution in [2.75, 3.05) is 5.73 Å². The number of nitrogen functional groups attached to an aromatic ring is 1. The third kappa shape index (κ3) is 1.65. The van der Waals surface area contributed by atoms with E-state index in [2.05, 4.69) is 4.98 Å². The number of benzene rings is 1. The van der Waals surface area contributed by atoms with Crippen LogP contribution in [0.5, 0.6) is 0 Å². The number of hydrogen-bond acceptors (Lipinski definition) is 2. The number of anilines is 1. The van der Waals surface area contributed by atoms with Crippen LogP contribution < -0.4 is 5.73 Å². The first-order valence-electron chi connectivity index (χ1n) is 6.54. The van der Waals surface area contributed by atoms with Gasteiger partial charge in [0.2, 0.25) is 0 Å². The third-order valence-electron chi connectivity index (χ3n) is 3.87. The molecular weight excluding hydrogens is 227 g/mol. The Morgan fingerprint density at radius 2 is 1.94 bits per heavy atom. The number of rotatable bonds is 0. The molecule has 0 saturated carbocycles. The molecule has 3 rings (SSSR count). The number of nitrogens with two attached hydrogens (primary N) is 1. The van der Waals surface area contributed by atoms with Crippen LogP contribution in [-0.4, -0.2) is 4.98 Å². The van der Waals surface area contributed by atoms with Gasteiger partial charge in [-0.15, -0.1) is 0 Å². The van der Waals surface area contributed by atoms with E-state index in [1.165, 1.54) is 12.5 Å². The van der Waals surface area contributed by atoms with Crippen molar-refractivity contribution in [2.24, 2.45) is 0 Å². The summed E-state index contributed by atoms with van der Waals surface area (Å²) in [6.07, 6.45) is 5.37. The molecule has 0 spiro atoms. The average molecular weight is 244 g/mol. The summed E-state index contributed by atoms with van der Waals surface area (Å²) >= 11 is 0. The monoisotopic (exact) mass is 244 g/mol. The van der Waals surface area contributed by atoms with E-state index in [0.29, 0.717) is 5.52 Å². The standard InChI is InChI=1S/C15H17FN2/c1-9-7-8-11(16)15-13(9)14(17)10-5-3-2-4-6-12(10)18-15/h7-8H,2-6H2,1H3,(H2,17,18). The lowest BCUT2D eigenvalue weighted by Gasteiger charge is -2.14. The Morgan fingerprint density at radius 1 is 1.17 bits per heavy atom. The highest BCUT2D eigenvalue weighted by Crippen LogP contribution is 2.33. The van der Waals surface area contributed by atoms with Crippen LogP contribution in [-0.2, 0) is 12.8 Å². The van der Waals surface area contributed by atoms with Crippen molar-refractivity contribution in [3.63, 3.8) is 0 Å². The molecule has 1 aliphatic carbocycles. The van der Waals surface area contributed by atoms with E-state index in [0.717, 1.165) is 53.6 Å². The van der Waals surface area contributed by atoms with Crippen LogP contribution in [0.25, 0.3) is 10.9 Å². The minimum absolute atomic E-state index is 0.269. The smallest absolute Gasteiger partial charge is 0.149 e. The van der Waals surface area contributed by atoms with Gasteiger partial charge in [-0.05, 0) is 49.8 Å². The molecule has 94 valence electrons. The van der Waals surface area contributed by atoms with E-state index < -0.39 is 0 Å². The van der Waals surface area contributed by atoms with Crippen molar-refractivity contribution in [3.05, 3.63) is 34.8 Å². The van der Waals surface area contributed by atoms with E-state index in [1.54, 1.807) is 6.07 Å². The van der Waals surface area contributed by atoms with Crippen LogP contribution in [0.3, 0.4) is 0 Å². The van der Waals surface area contributed by atoms with E-state index in [4.69, 9.17) is 5.73 Å². The van der Waals surface area contributed by atoms with Crippen LogP contribution >= 0.6 is 0 Å². The Bertz CT molecular complexity index is 620. The van der Waals surface area contributed by atoms with E-state index in [9.17, 15) is 4.39 Å². The van der Waals surface area contributed by atoms with E-state index >= 15 is 0 Å². The van der Waals surface area contributed by atoms with Crippen LogP contribution in [0.1, 0.15) is 36.1 Å². The molecule has 0 unspecified atom stereocenters. The Hall–Kier alpha value is -1.64. The zero-order chi connectivity index (χ0) is 12.7. The summed E-state index contributed by atoms with van der Waals surface area (Å²) in [5.41, 5.74) is 10.6. The predicted octanol–water partition coefficient (Wildman–Crippen LogP) is 3.53. The molecule has 1 heterocycles. The van der Waals surface area contributed by atoms with Crippen LogP contribution in [0.2, 0.25) is 0 Å². The van der Waals surface area contributed by atoms with Crippen molar-refractivity contribution in [1.29, 1.82) is 0 Å². The van der Waals surface area contributed by atoms with Crippen molar-refractivity contribution >= 4 is 16.6 Å². The molecule has 0 fully saturated rings. The van der Waals surface area contributed by atoms with Crippen molar-refractivity contribution in [1.82, 2.24) is 4.98 Å². The highest BCUT2D eigenvalue weighted by Gasteiger charge is 2.18. The largest absolute Gasteiger partial charge is 0.398 e. The van der Waals surface area contributed by atoms with Crippen LogP contribution in [0.15, 0.2) is 12.1 Å². The molecule has 0 radical (unpaired) electrons. The van der Waals surface area contributed by atoms with Gasteiger partial charge in [-0.25, -0.2) is 9.37 Å². The summed E-state index contributed by atoms with van der Waals surface area (Å²) in [4.78, 5) is 4.54. The summed E-state index contributed by atoms with van der Waals surface area (Å²) in [5.74, 6) is -0.269. The normalized spacial score (nSPS) is 15.4. The lowest BCUT2D eigenvalue weighted by atomic mass is 9.99. The predicted molar refractivity (Wildman–Crippen MR) is 72.1 cm³/mol. The van der Waals surface area contributed by atoms with Gasteiger partial charge in [0.25, 0.3) is 0 Å². The number of aromatic nitrogens is 1. The Kier molecular flexibility index (Phi) is 2.69. The highest BCUT2D eigenvalue weighted by atomic mass is 19.1. The van der Waals surface area contributed by atoms with Gasteiger partial charge in [-0.1, -0.05) is 12.5 Å². The van der Waals surface area contributed by atoms with E-state index in [1.807, 2.05) is 6.92 Å². The summed E-state index contributed by atoms with van der Waals surface area (Å²) in [5, 5.41) is 0.802. The second-order valence-electron chi connectivity index (χ2n) is 5.10. The summed E-state index contributed by atoms with van der Waals surface area (Å²) in [7, 11) is 0. The second-order valence-corrected chi connectivity index (χ2v) is 5.10. The average Bonchev–Trinajstić information content (AvgIpc) is 2.59. The number of pyridine rings is 1. The summed E-state index contributed by atoms with van der Waals surface area (Å²) < 4.78 is 13.9. The van der Waals surface area contributed by atoms with Crippen molar-refractivity contribution in [2.45, 2.75) is 39.0 Å². The lowest BCUT2D eigenvalue weighted by Crippen LogP contribution is -2.05. The summed E-state index contributed by atoms with van der Waals surface area (Å²) in [6, 6.07) is 3.26. The Balaban J connectivity index is 2.38. The molecule has 1 aliphatic rings. The highest BCUT2D eigenvalue weighted by molar-refractivity contribution is 5.95. The first kappa shape index (κ1) is 11.5. The molecule has 0 aliphatic heterocycles. The Morgan fingerprint density at radius 3 is 2.78 bits per heavy atom. The molecule has 2 aromatic rings. The third-order valence-corrected chi connectivity index (χ3v) is 3.87. The zero-order valence-electron chi connectivity index (χ0n) is 10.6. The topological polar surface area (TPSA) is 38.9 Å². The van der Waals surface area contributed by atoms with Crippen LogP contribution in [0, 0.1) is 12.7 Å². The SMILES string of the molecule is Cc1ccc(F)c2nc3c(c(N)c12)CCCCC3. The molecule has 1 aromatic carbocycles. The van der Waals surface area contributed by atoms with E-state index in [-0.39, 0.29) is 5.82 Å². The van der Waals surface area contributed by atoms with Gasteiger partial charge < -0.3 is 5.73 Å². The van der Waals surface area contributed by atoms with Gasteiger partial charge in [0, 0.05) is 16.8 Å². The molecular formula is C15H17FN2. The fourth-order valence-electron chi connectivity index (χ4n) is 2.88. The molecule has 0 bridgehead atoms. The fourth-order valence-corrected chi connectivity index (χ4v) is 2.88. The summed E-state index contributed by atoms with van der Waals surface area (Å²) in [6.45, 7) is 1.96. The lowest BCUT2D eigenvalue weighted by molar-refractivity contribution is 0.635. The van der Waals surface area contributed by atoms with Crippen LogP contribution in [0.4, 0.5) is 10.1 Å². The molecule has 0 saturated heterocycles. The number of hydrogen-bond donors (Lipinski definition) is 1.